The summed E-state index contributed by atoms with van der Waals surface area (Å²) in [6, 6.07) is 0. The smallest absolute Gasteiger partial charge is 0.0918 e. The Bertz CT molecular complexity index is 81.0. The van der Waals surface area contributed by atoms with Gasteiger partial charge in [-0.2, -0.15) is 5.48 Å². The molecule has 1 atom stereocenters. The maximum absolute atomic E-state index is 8.79. The minimum Gasteiger partial charge on any atom is -0.394 e. The lowest BCUT2D eigenvalue weighted by atomic mass is 10.4. The number of rotatable bonds is 7. The van der Waals surface area contributed by atoms with Gasteiger partial charge in [-0.1, -0.05) is 0 Å². The number of hydrogen-bond acceptors (Lipinski definition) is 5. The molecule has 0 amide bonds. The Morgan fingerprint density at radius 3 is 2.73 bits per heavy atom. The van der Waals surface area contributed by atoms with Crippen molar-refractivity contribution in [2.24, 2.45) is 0 Å². The third kappa shape index (κ3) is 7.70. The normalized spacial score (nSPS) is 13.4. The second-order valence-corrected chi connectivity index (χ2v) is 2.03. The number of ether oxygens (including phenoxy) is 1. The third-order valence-electron chi connectivity index (χ3n) is 1.02. The molecule has 0 radical (unpaired) electrons. The van der Waals surface area contributed by atoms with Crippen molar-refractivity contribution in [2.45, 2.75) is 6.10 Å². The van der Waals surface area contributed by atoms with Crippen LogP contribution in [0.15, 0.2) is 0 Å². The molecule has 0 rings (SSSR count). The van der Waals surface area contributed by atoms with Crippen LogP contribution in [-0.2, 0) is 9.57 Å². The molecule has 11 heavy (non-hydrogen) atoms. The first-order valence-electron chi connectivity index (χ1n) is 3.43. The Morgan fingerprint density at radius 1 is 1.45 bits per heavy atom. The Hall–Kier alpha value is -0.200. The number of methoxy groups -OCH3 is 1. The highest BCUT2D eigenvalue weighted by molar-refractivity contribution is 4.50. The van der Waals surface area contributed by atoms with E-state index in [0.29, 0.717) is 13.2 Å². The molecular weight excluding hydrogens is 150 g/mol. The lowest BCUT2D eigenvalue weighted by Crippen LogP contribution is -2.30. The van der Waals surface area contributed by atoms with Crippen molar-refractivity contribution >= 4 is 0 Å². The lowest BCUT2D eigenvalue weighted by Gasteiger charge is -2.08. The van der Waals surface area contributed by atoms with E-state index in [2.05, 4.69) is 5.48 Å². The van der Waals surface area contributed by atoms with Gasteiger partial charge < -0.3 is 14.9 Å². The molecule has 5 heteroatoms. The summed E-state index contributed by atoms with van der Waals surface area (Å²) < 4.78 is 4.70. The predicted molar refractivity (Wildman–Crippen MR) is 38.9 cm³/mol. The highest BCUT2D eigenvalue weighted by Crippen LogP contribution is 1.77. The van der Waals surface area contributed by atoms with Gasteiger partial charge in [0, 0.05) is 13.7 Å². The van der Waals surface area contributed by atoms with E-state index in [1.165, 1.54) is 0 Å². The number of aliphatic hydroxyl groups is 2. The van der Waals surface area contributed by atoms with Crippen LogP contribution >= 0.6 is 0 Å². The van der Waals surface area contributed by atoms with Crippen molar-refractivity contribution in [3.63, 3.8) is 0 Å². The fourth-order valence-corrected chi connectivity index (χ4v) is 0.417. The van der Waals surface area contributed by atoms with Crippen molar-refractivity contribution in [1.82, 2.24) is 5.48 Å². The van der Waals surface area contributed by atoms with E-state index in [1.807, 2.05) is 0 Å². The molecule has 3 N–H and O–H groups in total. The first-order chi connectivity index (χ1) is 5.31. The van der Waals surface area contributed by atoms with Crippen LogP contribution in [0, 0.1) is 0 Å². The summed E-state index contributed by atoms with van der Waals surface area (Å²) in [5.41, 5.74) is 2.48. The summed E-state index contributed by atoms with van der Waals surface area (Å²) in [5.74, 6) is 0. The molecule has 0 spiro atoms. The van der Waals surface area contributed by atoms with Gasteiger partial charge in [-0.3, -0.25) is 4.84 Å². The molecule has 0 aromatic carbocycles. The molecule has 0 heterocycles. The van der Waals surface area contributed by atoms with E-state index < -0.39 is 6.10 Å². The largest absolute Gasteiger partial charge is 0.394 e. The zero-order valence-electron chi connectivity index (χ0n) is 6.62. The van der Waals surface area contributed by atoms with E-state index in [0.717, 1.165) is 0 Å². The summed E-state index contributed by atoms with van der Waals surface area (Å²) in [7, 11) is 1.58. The molecule has 0 aromatic rings. The maximum atomic E-state index is 8.79. The van der Waals surface area contributed by atoms with Crippen molar-refractivity contribution in [3.05, 3.63) is 0 Å². The van der Waals surface area contributed by atoms with Crippen LogP contribution in [0.1, 0.15) is 0 Å². The van der Waals surface area contributed by atoms with Crippen LogP contribution in [-0.4, -0.2) is 49.8 Å². The quantitative estimate of drug-likeness (QED) is 0.316. The fourth-order valence-electron chi connectivity index (χ4n) is 0.417. The first kappa shape index (κ1) is 10.8. The number of hydrogen-bond donors (Lipinski definition) is 3. The zero-order valence-corrected chi connectivity index (χ0v) is 6.62. The van der Waals surface area contributed by atoms with Gasteiger partial charge in [0.05, 0.1) is 25.9 Å². The van der Waals surface area contributed by atoms with Gasteiger partial charge in [0.15, 0.2) is 0 Å². The van der Waals surface area contributed by atoms with Gasteiger partial charge in [0.2, 0.25) is 0 Å². The molecule has 0 saturated carbocycles. The second-order valence-electron chi connectivity index (χ2n) is 2.03. The number of nitrogens with one attached hydrogen (secondary N) is 1. The van der Waals surface area contributed by atoms with Gasteiger partial charge in [-0.15, -0.1) is 0 Å². The van der Waals surface area contributed by atoms with Crippen molar-refractivity contribution < 1.29 is 19.8 Å². The molecule has 0 unspecified atom stereocenters. The fraction of sp³-hybridized carbons (Fsp3) is 1.00. The van der Waals surface area contributed by atoms with Crippen LogP contribution in [0.4, 0.5) is 0 Å². The van der Waals surface area contributed by atoms with Crippen molar-refractivity contribution in [2.75, 3.05) is 33.5 Å². The summed E-state index contributed by atoms with van der Waals surface area (Å²) in [4.78, 5) is 4.80. The number of aliphatic hydroxyl groups excluding tert-OH is 2. The molecule has 0 fully saturated rings. The van der Waals surface area contributed by atoms with Gasteiger partial charge in [0.1, 0.15) is 0 Å². The summed E-state index contributed by atoms with van der Waals surface area (Å²) in [5, 5.41) is 17.2. The van der Waals surface area contributed by atoms with Crippen LogP contribution in [0.5, 0.6) is 0 Å². The van der Waals surface area contributed by atoms with Crippen LogP contribution in [0.2, 0.25) is 0 Å². The molecule has 5 nitrogen and oxygen atoms in total. The standard InChI is InChI=1S/C6H15NO4/c1-10-2-3-11-7-4-6(9)5-8/h6-9H,2-5H2,1H3/t6-/m0/s1. The Morgan fingerprint density at radius 2 is 2.18 bits per heavy atom. The topological polar surface area (TPSA) is 71.0 Å². The zero-order chi connectivity index (χ0) is 8.53. The van der Waals surface area contributed by atoms with Crippen molar-refractivity contribution in [1.29, 1.82) is 0 Å². The molecule has 0 saturated heterocycles. The first-order valence-corrected chi connectivity index (χ1v) is 3.43. The van der Waals surface area contributed by atoms with E-state index >= 15 is 0 Å². The van der Waals surface area contributed by atoms with Crippen LogP contribution < -0.4 is 5.48 Å². The third-order valence-corrected chi connectivity index (χ3v) is 1.02. The monoisotopic (exact) mass is 165 g/mol. The Balaban J connectivity index is 2.89. The van der Waals surface area contributed by atoms with Gasteiger partial charge in [0.25, 0.3) is 0 Å². The second kappa shape index (κ2) is 7.90. The minimum absolute atomic E-state index is 0.222. The van der Waals surface area contributed by atoms with Crippen molar-refractivity contribution in [3.8, 4) is 0 Å². The molecule has 0 aliphatic heterocycles. The van der Waals surface area contributed by atoms with E-state index in [4.69, 9.17) is 19.8 Å². The highest BCUT2D eigenvalue weighted by Gasteiger charge is 1.99. The molecule has 68 valence electrons. The summed E-state index contributed by atoms with van der Waals surface area (Å²) in [6.45, 7) is 0.887. The maximum Gasteiger partial charge on any atom is 0.0918 e. The SMILES string of the molecule is COCCONC[C@H](O)CO. The Labute approximate surface area is 65.9 Å². The van der Waals surface area contributed by atoms with Crippen LogP contribution in [0.25, 0.3) is 0 Å². The van der Waals surface area contributed by atoms with E-state index in [9.17, 15) is 0 Å². The molecular formula is C6H15NO4. The van der Waals surface area contributed by atoms with E-state index in [-0.39, 0.29) is 13.2 Å². The predicted octanol–water partition coefficient (Wildman–Crippen LogP) is -1.49. The highest BCUT2D eigenvalue weighted by atomic mass is 16.7. The lowest BCUT2D eigenvalue weighted by molar-refractivity contribution is -0.0192. The van der Waals surface area contributed by atoms with Gasteiger partial charge >= 0.3 is 0 Å². The number of hydroxylamine groups is 1. The van der Waals surface area contributed by atoms with Gasteiger partial charge in [-0.25, -0.2) is 0 Å². The van der Waals surface area contributed by atoms with Gasteiger partial charge in [-0.05, 0) is 0 Å². The summed E-state index contributed by atoms with van der Waals surface area (Å²) >= 11 is 0. The van der Waals surface area contributed by atoms with Crippen LogP contribution in [0.3, 0.4) is 0 Å². The average molecular weight is 165 g/mol. The minimum atomic E-state index is -0.766. The van der Waals surface area contributed by atoms with E-state index in [1.54, 1.807) is 7.11 Å². The summed E-state index contributed by atoms with van der Waals surface area (Å²) in [6.07, 6.45) is -0.766. The molecule has 0 aliphatic carbocycles. The molecule has 0 aromatic heterocycles. The Kier molecular flexibility index (Phi) is 7.76. The molecule has 0 aliphatic rings. The average Bonchev–Trinajstić information content (AvgIpc) is 2.04. The molecule has 0 bridgehead atoms.